The lowest BCUT2D eigenvalue weighted by Crippen LogP contribution is -2.13. The molecule has 0 unspecified atom stereocenters. The molecule has 0 aliphatic carbocycles. The van der Waals surface area contributed by atoms with Crippen LogP contribution < -0.4 is 4.74 Å². The third-order valence-corrected chi connectivity index (χ3v) is 2.89. The number of carbonyl (C=O) groups excluding carboxylic acids is 1. The normalized spacial score (nSPS) is 10.2. The summed E-state index contributed by atoms with van der Waals surface area (Å²) < 4.78 is 18.5. The summed E-state index contributed by atoms with van der Waals surface area (Å²) in [5.41, 5.74) is -0.488. The summed E-state index contributed by atoms with van der Waals surface area (Å²) in [4.78, 5) is 22.0. The Bertz CT molecular complexity index is 705. The minimum absolute atomic E-state index is 0.103. The van der Waals surface area contributed by atoms with E-state index in [4.69, 9.17) is 16.3 Å². The Balaban J connectivity index is 2.15. The first kappa shape index (κ1) is 14.9. The number of hydrogen-bond donors (Lipinski definition) is 0. The Kier molecular flexibility index (Phi) is 4.49. The van der Waals surface area contributed by atoms with Crippen LogP contribution in [-0.4, -0.2) is 17.3 Å². The van der Waals surface area contributed by atoms with Crippen LogP contribution in [0.1, 0.15) is 10.4 Å². The average molecular weight is 310 g/mol. The van der Waals surface area contributed by atoms with Crippen LogP contribution in [0.5, 0.6) is 5.75 Å². The molecule has 0 N–H and O–H groups in total. The minimum Gasteiger partial charge on any atom is -0.478 e. The van der Waals surface area contributed by atoms with E-state index in [1.54, 1.807) is 0 Å². The lowest BCUT2D eigenvalue weighted by atomic mass is 10.1. The van der Waals surface area contributed by atoms with Gasteiger partial charge in [0, 0.05) is 11.1 Å². The summed E-state index contributed by atoms with van der Waals surface area (Å²) >= 11 is 5.66. The second-order valence-electron chi connectivity index (χ2n) is 4.06. The first-order chi connectivity index (χ1) is 9.99. The Hall–Kier alpha value is -2.47. The van der Waals surface area contributed by atoms with E-state index in [9.17, 15) is 19.3 Å². The second kappa shape index (κ2) is 6.32. The summed E-state index contributed by atoms with van der Waals surface area (Å²) in [6.45, 7) is -0.511. The highest BCUT2D eigenvalue weighted by molar-refractivity contribution is 6.30. The molecule has 0 radical (unpaired) electrons. The van der Waals surface area contributed by atoms with E-state index in [1.165, 1.54) is 30.3 Å². The Morgan fingerprint density at radius 1 is 1.29 bits per heavy atom. The molecule has 2 aromatic carbocycles. The van der Waals surface area contributed by atoms with E-state index in [0.717, 1.165) is 12.1 Å². The van der Waals surface area contributed by atoms with Crippen molar-refractivity contribution in [2.75, 3.05) is 6.61 Å². The van der Waals surface area contributed by atoms with Gasteiger partial charge in [0.2, 0.25) is 5.78 Å². The maximum absolute atomic E-state index is 13.4. The van der Waals surface area contributed by atoms with Crippen molar-refractivity contribution in [3.63, 3.8) is 0 Å². The lowest BCUT2D eigenvalue weighted by Gasteiger charge is -2.07. The van der Waals surface area contributed by atoms with Crippen molar-refractivity contribution in [1.29, 1.82) is 0 Å². The SMILES string of the molecule is O=C(COc1ccc(Cl)cc1[N+](=O)[O-])c1ccccc1F. The maximum Gasteiger partial charge on any atom is 0.312 e. The Labute approximate surface area is 124 Å². The zero-order valence-corrected chi connectivity index (χ0v) is 11.3. The van der Waals surface area contributed by atoms with Gasteiger partial charge in [0.05, 0.1) is 10.5 Å². The van der Waals surface area contributed by atoms with Crippen LogP contribution >= 0.6 is 11.6 Å². The molecule has 7 heteroatoms. The number of carbonyl (C=O) groups is 1. The molecule has 0 amide bonds. The molecule has 2 aromatic rings. The molecule has 0 atom stereocenters. The molecule has 0 aromatic heterocycles. The number of ketones is 1. The summed E-state index contributed by atoms with van der Waals surface area (Å²) in [7, 11) is 0. The van der Waals surface area contributed by atoms with Gasteiger partial charge in [-0.15, -0.1) is 0 Å². The summed E-state index contributed by atoms with van der Waals surface area (Å²) in [5, 5.41) is 11.0. The monoisotopic (exact) mass is 309 g/mol. The summed E-state index contributed by atoms with van der Waals surface area (Å²) in [6, 6.07) is 9.24. The molecule has 5 nitrogen and oxygen atoms in total. The third kappa shape index (κ3) is 3.55. The Morgan fingerprint density at radius 3 is 2.67 bits per heavy atom. The smallest absolute Gasteiger partial charge is 0.312 e. The topological polar surface area (TPSA) is 69.4 Å². The average Bonchev–Trinajstić information content (AvgIpc) is 2.46. The largest absolute Gasteiger partial charge is 0.478 e. The molecule has 0 saturated carbocycles. The van der Waals surface area contributed by atoms with Crippen LogP contribution in [0.4, 0.5) is 10.1 Å². The van der Waals surface area contributed by atoms with Crippen LogP contribution in [0, 0.1) is 15.9 Å². The fraction of sp³-hybridized carbons (Fsp3) is 0.0714. The van der Waals surface area contributed by atoms with Crippen molar-refractivity contribution in [1.82, 2.24) is 0 Å². The van der Waals surface area contributed by atoms with E-state index in [0.29, 0.717) is 0 Å². The van der Waals surface area contributed by atoms with Gasteiger partial charge in [-0.05, 0) is 24.3 Å². The highest BCUT2D eigenvalue weighted by atomic mass is 35.5. The van der Waals surface area contributed by atoms with Gasteiger partial charge in [0.25, 0.3) is 0 Å². The van der Waals surface area contributed by atoms with Crippen molar-refractivity contribution in [3.05, 3.63) is 69.0 Å². The highest BCUT2D eigenvalue weighted by Crippen LogP contribution is 2.29. The second-order valence-corrected chi connectivity index (χ2v) is 4.50. The number of ether oxygens (including phenoxy) is 1. The number of nitro groups is 1. The minimum atomic E-state index is -0.672. The Morgan fingerprint density at radius 2 is 2.00 bits per heavy atom. The third-order valence-electron chi connectivity index (χ3n) is 2.65. The maximum atomic E-state index is 13.4. The highest BCUT2D eigenvalue weighted by Gasteiger charge is 2.18. The number of halogens is 2. The predicted molar refractivity (Wildman–Crippen MR) is 74.3 cm³/mol. The van der Waals surface area contributed by atoms with Gasteiger partial charge in [-0.3, -0.25) is 14.9 Å². The zero-order chi connectivity index (χ0) is 15.4. The zero-order valence-electron chi connectivity index (χ0n) is 10.6. The summed E-state index contributed by atoms with van der Waals surface area (Å²) in [5.74, 6) is -1.39. The number of nitro benzene ring substituents is 1. The van der Waals surface area contributed by atoms with Gasteiger partial charge in [0.1, 0.15) is 5.82 Å². The quantitative estimate of drug-likeness (QED) is 0.480. The van der Waals surface area contributed by atoms with Gasteiger partial charge >= 0.3 is 5.69 Å². The van der Waals surface area contributed by atoms with Crippen LogP contribution in [0.25, 0.3) is 0 Å². The van der Waals surface area contributed by atoms with Gasteiger partial charge in [0.15, 0.2) is 12.4 Å². The predicted octanol–water partition coefficient (Wildman–Crippen LogP) is 3.65. The van der Waals surface area contributed by atoms with Crippen LogP contribution in [0.3, 0.4) is 0 Å². The number of nitrogens with zero attached hydrogens (tertiary/aromatic N) is 1. The molecule has 0 fully saturated rings. The van der Waals surface area contributed by atoms with Gasteiger partial charge in [-0.1, -0.05) is 23.7 Å². The standard InChI is InChI=1S/C14H9ClFNO4/c15-9-5-6-14(12(7-9)17(19)20)21-8-13(18)10-3-1-2-4-11(10)16/h1-7H,8H2. The van der Waals surface area contributed by atoms with Gasteiger partial charge < -0.3 is 4.74 Å². The molecule has 0 aliphatic heterocycles. The van der Waals surface area contributed by atoms with E-state index >= 15 is 0 Å². The van der Waals surface area contributed by atoms with E-state index in [2.05, 4.69) is 0 Å². The summed E-state index contributed by atoms with van der Waals surface area (Å²) in [6.07, 6.45) is 0. The van der Waals surface area contributed by atoms with Crippen LogP contribution in [0.2, 0.25) is 5.02 Å². The molecular formula is C14H9ClFNO4. The van der Waals surface area contributed by atoms with Gasteiger partial charge in [-0.25, -0.2) is 4.39 Å². The number of hydrogen-bond acceptors (Lipinski definition) is 4. The molecule has 0 saturated heterocycles. The first-order valence-electron chi connectivity index (χ1n) is 5.83. The van der Waals surface area contributed by atoms with Gasteiger partial charge in [-0.2, -0.15) is 0 Å². The number of benzene rings is 2. The molecule has 2 rings (SSSR count). The van der Waals surface area contributed by atoms with E-state index in [1.807, 2.05) is 0 Å². The van der Waals surface area contributed by atoms with E-state index < -0.39 is 23.1 Å². The van der Waals surface area contributed by atoms with Crippen molar-refractivity contribution in [3.8, 4) is 5.75 Å². The first-order valence-corrected chi connectivity index (χ1v) is 6.21. The van der Waals surface area contributed by atoms with Crippen LogP contribution in [-0.2, 0) is 0 Å². The van der Waals surface area contributed by atoms with Crippen LogP contribution in [0.15, 0.2) is 42.5 Å². The van der Waals surface area contributed by atoms with Crippen molar-refractivity contribution >= 4 is 23.1 Å². The van der Waals surface area contributed by atoms with Crippen molar-refractivity contribution < 1.29 is 18.8 Å². The number of rotatable bonds is 5. The van der Waals surface area contributed by atoms with E-state index in [-0.39, 0.29) is 22.0 Å². The van der Waals surface area contributed by atoms with Crippen molar-refractivity contribution in [2.24, 2.45) is 0 Å². The molecule has 0 heterocycles. The number of Topliss-reactive ketones (excluding diaryl/α,β-unsaturated/α-hetero) is 1. The molecular weight excluding hydrogens is 301 g/mol. The molecule has 0 spiro atoms. The fourth-order valence-electron chi connectivity index (χ4n) is 1.66. The fourth-order valence-corrected chi connectivity index (χ4v) is 1.83. The molecule has 108 valence electrons. The molecule has 0 bridgehead atoms. The molecule has 21 heavy (non-hydrogen) atoms. The molecule has 0 aliphatic rings. The lowest BCUT2D eigenvalue weighted by molar-refractivity contribution is -0.385. The van der Waals surface area contributed by atoms with Crippen molar-refractivity contribution in [2.45, 2.75) is 0 Å².